The number of benzene rings is 4. The van der Waals surface area contributed by atoms with E-state index in [2.05, 4.69) is 6.58 Å². The number of ketones is 1. The van der Waals surface area contributed by atoms with Crippen LogP contribution in [0.5, 0.6) is 28.7 Å². The maximum Gasteiger partial charge on any atom is 0.203 e. The minimum Gasteiger partial charge on any atom is -0.508 e. The molecule has 214 valence electrons. The van der Waals surface area contributed by atoms with Crippen LogP contribution >= 0.6 is 0 Å². The molecule has 0 fully saturated rings. The summed E-state index contributed by atoms with van der Waals surface area (Å²) in [7, 11) is 3.09. The van der Waals surface area contributed by atoms with Crippen LogP contribution in [0.2, 0.25) is 0 Å². The Hall–Kier alpha value is -5.23. The van der Waals surface area contributed by atoms with Crippen LogP contribution in [-0.4, -0.2) is 30.2 Å². The van der Waals surface area contributed by atoms with Crippen molar-refractivity contribution in [2.24, 2.45) is 0 Å². The van der Waals surface area contributed by atoms with E-state index in [0.717, 1.165) is 22.3 Å². The largest absolute Gasteiger partial charge is 0.508 e. The molecule has 0 atom stereocenters. The average molecular weight is 563 g/mol. The number of hydrogen-bond acceptors (Lipinski definition) is 6. The molecule has 0 aliphatic rings. The van der Waals surface area contributed by atoms with Crippen molar-refractivity contribution >= 4 is 23.5 Å². The van der Waals surface area contributed by atoms with Gasteiger partial charge in [0.05, 0.1) is 14.2 Å². The summed E-state index contributed by atoms with van der Waals surface area (Å²) in [5.41, 5.74) is 6.36. The maximum atomic E-state index is 12.8. The number of aromatic hydroxyl groups is 2. The van der Waals surface area contributed by atoms with Gasteiger partial charge in [-0.05, 0) is 95.8 Å². The molecule has 0 bridgehead atoms. The summed E-state index contributed by atoms with van der Waals surface area (Å²) >= 11 is 0. The third-order valence-electron chi connectivity index (χ3n) is 6.81. The number of methoxy groups -OCH3 is 2. The molecule has 6 nitrogen and oxygen atoms in total. The molecule has 0 unspecified atom stereocenters. The molecule has 0 aliphatic carbocycles. The Kier molecular flexibility index (Phi) is 9.50. The van der Waals surface area contributed by atoms with E-state index in [0.29, 0.717) is 39.5 Å². The Morgan fingerprint density at radius 1 is 0.810 bits per heavy atom. The van der Waals surface area contributed by atoms with Gasteiger partial charge in [0.25, 0.3) is 0 Å². The molecular weight excluding hydrogens is 528 g/mol. The summed E-state index contributed by atoms with van der Waals surface area (Å²) < 4.78 is 17.3. The molecule has 2 N–H and O–H groups in total. The molecule has 0 aliphatic heterocycles. The van der Waals surface area contributed by atoms with Gasteiger partial charge in [0.1, 0.15) is 18.1 Å². The topological polar surface area (TPSA) is 85.2 Å². The number of phenolic OH excluding ortho intramolecular Hbond substituents is 2. The van der Waals surface area contributed by atoms with Gasteiger partial charge >= 0.3 is 0 Å². The quantitative estimate of drug-likeness (QED) is 0.110. The minimum absolute atomic E-state index is 0.114. The summed E-state index contributed by atoms with van der Waals surface area (Å²) in [4.78, 5) is 12.8. The zero-order valence-electron chi connectivity index (χ0n) is 24.2. The lowest BCUT2D eigenvalue weighted by molar-refractivity contribution is 0.104. The summed E-state index contributed by atoms with van der Waals surface area (Å²) in [6.45, 7) is 8.27. The Bertz CT molecular complexity index is 1680. The van der Waals surface area contributed by atoms with Crippen molar-refractivity contribution in [2.45, 2.75) is 20.5 Å². The molecule has 0 saturated heterocycles. The second-order valence-corrected chi connectivity index (χ2v) is 9.81. The van der Waals surface area contributed by atoms with Crippen molar-refractivity contribution in [3.63, 3.8) is 0 Å². The summed E-state index contributed by atoms with van der Waals surface area (Å²) in [5, 5.41) is 19.7. The number of rotatable bonds is 11. The number of hydrogen-bond donors (Lipinski definition) is 2. The van der Waals surface area contributed by atoms with Gasteiger partial charge < -0.3 is 24.4 Å². The van der Waals surface area contributed by atoms with E-state index < -0.39 is 0 Å². The Balaban J connectivity index is 1.55. The molecule has 4 aromatic rings. The van der Waals surface area contributed by atoms with Crippen molar-refractivity contribution in [3.05, 3.63) is 130 Å². The van der Waals surface area contributed by atoms with Gasteiger partial charge in [-0.2, -0.15) is 0 Å². The Labute approximate surface area is 246 Å². The van der Waals surface area contributed by atoms with Crippen LogP contribution in [0.25, 0.3) is 17.7 Å². The van der Waals surface area contributed by atoms with Gasteiger partial charge in [-0.3, -0.25) is 4.79 Å². The molecule has 6 heteroatoms. The number of carbonyl (C=O) groups is 1. The lowest BCUT2D eigenvalue weighted by Gasteiger charge is -2.16. The third-order valence-corrected chi connectivity index (χ3v) is 6.81. The lowest BCUT2D eigenvalue weighted by atomic mass is 9.98. The molecule has 42 heavy (non-hydrogen) atoms. The highest BCUT2D eigenvalue weighted by atomic mass is 16.5. The molecule has 0 saturated carbocycles. The van der Waals surface area contributed by atoms with Crippen molar-refractivity contribution < 1.29 is 29.2 Å². The fourth-order valence-electron chi connectivity index (χ4n) is 4.51. The minimum atomic E-state index is -0.186. The van der Waals surface area contributed by atoms with E-state index in [4.69, 9.17) is 14.2 Å². The molecule has 0 amide bonds. The van der Waals surface area contributed by atoms with Crippen molar-refractivity contribution in [3.8, 4) is 28.7 Å². The standard InChI is InChI=1S/C36H34O6/c1-23-10-12-27(19-31(23)24(2)11-14-28-8-6-7-9-32(28)38)22-42-35-21-26(20-34(40-4)36(35)41-5)13-17-33(39)30-16-15-29(37)18-25(30)3/h6-21,37-38H,2,22H2,1,3-5H3/b14-11+,17-13+. The number of aryl methyl sites for hydroxylation is 2. The molecule has 0 radical (unpaired) electrons. The first kappa shape index (κ1) is 29.7. The van der Waals surface area contributed by atoms with Gasteiger partial charge in [-0.25, -0.2) is 0 Å². The van der Waals surface area contributed by atoms with E-state index in [1.54, 1.807) is 63.6 Å². The molecule has 4 aromatic carbocycles. The average Bonchev–Trinajstić information content (AvgIpc) is 2.98. The van der Waals surface area contributed by atoms with Crippen LogP contribution in [0.1, 0.15) is 43.7 Å². The third kappa shape index (κ3) is 7.09. The smallest absolute Gasteiger partial charge is 0.203 e. The number of para-hydroxylation sites is 1. The number of carbonyl (C=O) groups excluding carboxylic acids is 1. The SMILES string of the molecule is C=C(/C=C/c1ccccc1O)c1cc(COc2cc(/C=C/C(=O)c3ccc(O)cc3C)cc(OC)c2OC)ccc1C. The van der Waals surface area contributed by atoms with Gasteiger partial charge in [0.15, 0.2) is 17.3 Å². The van der Waals surface area contributed by atoms with Crippen molar-refractivity contribution in [1.29, 1.82) is 0 Å². The van der Waals surface area contributed by atoms with Gasteiger partial charge in [-0.15, -0.1) is 0 Å². The highest BCUT2D eigenvalue weighted by Gasteiger charge is 2.15. The van der Waals surface area contributed by atoms with E-state index >= 15 is 0 Å². The molecule has 0 spiro atoms. The van der Waals surface area contributed by atoms with Crippen LogP contribution in [0.15, 0.2) is 91.5 Å². The monoisotopic (exact) mass is 562 g/mol. The zero-order valence-corrected chi connectivity index (χ0v) is 24.2. The van der Waals surface area contributed by atoms with Crippen molar-refractivity contribution in [1.82, 2.24) is 0 Å². The zero-order chi connectivity index (χ0) is 30.2. The Morgan fingerprint density at radius 2 is 1.57 bits per heavy atom. The van der Waals surface area contributed by atoms with Crippen LogP contribution in [0.4, 0.5) is 0 Å². The number of phenols is 2. The van der Waals surface area contributed by atoms with E-state index in [-0.39, 0.29) is 23.9 Å². The Morgan fingerprint density at radius 3 is 2.29 bits per heavy atom. The van der Waals surface area contributed by atoms with Crippen LogP contribution < -0.4 is 14.2 Å². The molecular formula is C36H34O6. The van der Waals surface area contributed by atoms with Gasteiger partial charge in [-0.1, -0.05) is 55.1 Å². The molecule has 4 rings (SSSR count). The normalized spacial score (nSPS) is 11.1. The fourth-order valence-corrected chi connectivity index (χ4v) is 4.51. The second kappa shape index (κ2) is 13.4. The predicted molar refractivity (Wildman–Crippen MR) is 167 cm³/mol. The summed E-state index contributed by atoms with van der Waals surface area (Å²) in [6, 6.07) is 21.4. The fraction of sp³-hybridized carbons (Fsp3) is 0.139. The first-order chi connectivity index (χ1) is 20.2. The summed E-state index contributed by atoms with van der Waals surface area (Å²) in [5.74, 6) is 1.51. The summed E-state index contributed by atoms with van der Waals surface area (Å²) in [6.07, 6.45) is 6.89. The van der Waals surface area contributed by atoms with E-state index in [1.165, 1.54) is 12.1 Å². The van der Waals surface area contributed by atoms with E-state index in [9.17, 15) is 15.0 Å². The predicted octanol–water partition coefficient (Wildman–Crippen LogP) is 7.93. The second-order valence-electron chi connectivity index (χ2n) is 9.81. The van der Waals surface area contributed by atoms with Crippen molar-refractivity contribution in [2.75, 3.05) is 14.2 Å². The highest BCUT2D eigenvalue weighted by molar-refractivity contribution is 6.07. The number of ether oxygens (including phenoxy) is 3. The lowest BCUT2D eigenvalue weighted by Crippen LogP contribution is -2.01. The molecule has 0 aromatic heterocycles. The van der Waals surface area contributed by atoms with Gasteiger partial charge in [0, 0.05) is 11.1 Å². The maximum absolute atomic E-state index is 12.8. The van der Waals surface area contributed by atoms with Gasteiger partial charge in [0.2, 0.25) is 5.75 Å². The van der Waals surface area contributed by atoms with E-state index in [1.807, 2.05) is 49.4 Å². The molecule has 0 heterocycles. The van der Waals surface area contributed by atoms with Crippen LogP contribution in [-0.2, 0) is 6.61 Å². The first-order valence-electron chi connectivity index (χ1n) is 13.4. The van der Waals surface area contributed by atoms with Crippen LogP contribution in [0.3, 0.4) is 0 Å². The van der Waals surface area contributed by atoms with Crippen LogP contribution in [0, 0.1) is 13.8 Å². The number of allylic oxidation sites excluding steroid dienone is 3. The first-order valence-corrected chi connectivity index (χ1v) is 13.4. The highest BCUT2D eigenvalue weighted by Crippen LogP contribution is 2.39.